The molecular weight excluding hydrogens is 252 g/mol. The normalized spacial score (nSPS) is 17.7. The molecule has 100 valence electrons. The molecule has 2 aromatic carbocycles. The van der Waals surface area contributed by atoms with Gasteiger partial charge >= 0.3 is 0 Å². The zero-order chi connectivity index (χ0) is 13.1. The Labute approximate surface area is 120 Å². The van der Waals surface area contributed by atoms with Crippen LogP contribution in [0.25, 0.3) is 10.8 Å². The SMILES string of the molecule is SCC1(COc2cccc3ccccc23)CCCC1. The highest BCUT2D eigenvalue weighted by atomic mass is 32.1. The molecule has 1 aliphatic carbocycles. The van der Waals surface area contributed by atoms with E-state index < -0.39 is 0 Å². The van der Waals surface area contributed by atoms with E-state index in [1.54, 1.807) is 0 Å². The summed E-state index contributed by atoms with van der Waals surface area (Å²) in [5, 5.41) is 2.45. The molecule has 0 spiro atoms. The minimum Gasteiger partial charge on any atom is -0.492 e. The van der Waals surface area contributed by atoms with Gasteiger partial charge in [-0.3, -0.25) is 0 Å². The van der Waals surface area contributed by atoms with Crippen molar-refractivity contribution in [3.8, 4) is 5.75 Å². The smallest absolute Gasteiger partial charge is 0.127 e. The minimum atomic E-state index is 0.292. The van der Waals surface area contributed by atoms with Crippen LogP contribution in [0, 0.1) is 5.41 Å². The first-order valence-electron chi connectivity index (χ1n) is 7.04. The molecule has 0 radical (unpaired) electrons. The fourth-order valence-electron chi connectivity index (χ4n) is 3.03. The summed E-state index contributed by atoms with van der Waals surface area (Å²) in [5.41, 5.74) is 0.292. The van der Waals surface area contributed by atoms with E-state index in [2.05, 4.69) is 55.1 Å². The summed E-state index contributed by atoms with van der Waals surface area (Å²) in [6, 6.07) is 14.7. The summed E-state index contributed by atoms with van der Waals surface area (Å²) in [6.45, 7) is 0.796. The van der Waals surface area contributed by atoms with E-state index in [9.17, 15) is 0 Å². The Morgan fingerprint density at radius 1 is 1.00 bits per heavy atom. The van der Waals surface area contributed by atoms with Crippen molar-refractivity contribution in [1.82, 2.24) is 0 Å². The molecule has 0 N–H and O–H groups in total. The van der Waals surface area contributed by atoms with Crippen LogP contribution in [0.3, 0.4) is 0 Å². The number of hydrogen-bond donors (Lipinski definition) is 1. The third kappa shape index (κ3) is 2.59. The second-order valence-corrected chi connectivity index (χ2v) is 5.95. The number of thiol groups is 1. The first kappa shape index (κ1) is 12.9. The van der Waals surface area contributed by atoms with Gasteiger partial charge in [-0.05, 0) is 30.0 Å². The van der Waals surface area contributed by atoms with Gasteiger partial charge in [-0.15, -0.1) is 0 Å². The van der Waals surface area contributed by atoms with Gasteiger partial charge in [0, 0.05) is 10.8 Å². The van der Waals surface area contributed by atoms with E-state index in [0.29, 0.717) is 5.41 Å². The first-order chi connectivity index (χ1) is 9.33. The van der Waals surface area contributed by atoms with Crippen molar-refractivity contribution in [2.75, 3.05) is 12.4 Å². The number of rotatable bonds is 4. The molecule has 2 aromatic rings. The van der Waals surface area contributed by atoms with Crippen molar-refractivity contribution in [1.29, 1.82) is 0 Å². The van der Waals surface area contributed by atoms with Gasteiger partial charge in [0.05, 0.1) is 6.61 Å². The van der Waals surface area contributed by atoms with E-state index in [1.165, 1.54) is 36.5 Å². The number of hydrogen-bond acceptors (Lipinski definition) is 2. The highest BCUT2D eigenvalue weighted by Gasteiger charge is 2.33. The van der Waals surface area contributed by atoms with Crippen molar-refractivity contribution in [2.24, 2.45) is 5.41 Å². The molecular formula is C17H20OS. The standard InChI is InChI=1S/C17H20OS/c19-13-17(10-3-4-11-17)12-18-16-9-5-7-14-6-1-2-8-15(14)16/h1-2,5-9,19H,3-4,10-13H2. The van der Waals surface area contributed by atoms with E-state index in [1.807, 2.05) is 0 Å². The van der Waals surface area contributed by atoms with Gasteiger partial charge in [0.1, 0.15) is 5.75 Å². The Morgan fingerprint density at radius 2 is 1.74 bits per heavy atom. The van der Waals surface area contributed by atoms with Gasteiger partial charge in [-0.1, -0.05) is 49.2 Å². The van der Waals surface area contributed by atoms with Crippen LogP contribution in [0.5, 0.6) is 5.75 Å². The Bertz CT molecular complexity index is 553. The number of benzene rings is 2. The summed E-state index contributed by atoms with van der Waals surface area (Å²) in [6.07, 6.45) is 5.14. The molecule has 0 saturated heterocycles. The summed E-state index contributed by atoms with van der Waals surface area (Å²) < 4.78 is 6.15. The second-order valence-electron chi connectivity index (χ2n) is 5.63. The molecule has 2 heteroatoms. The highest BCUT2D eigenvalue weighted by Crippen LogP contribution is 2.40. The van der Waals surface area contributed by atoms with Gasteiger partial charge in [0.2, 0.25) is 0 Å². The Morgan fingerprint density at radius 3 is 2.53 bits per heavy atom. The Hall–Kier alpha value is -1.15. The summed E-state index contributed by atoms with van der Waals surface area (Å²) in [5.74, 6) is 1.93. The fourth-order valence-corrected chi connectivity index (χ4v) is 3.43. The molecule has 1 saturated carbocycles. The topological polar surface area (TPSA) is 9.23 Å². The van der Waals surface area contributed by atoms with Crippen molar-refractivity contribution in [2.45, 2.75) is 25.7 Å². The van der Waals surface area contributed by atoms with Crippen molar-refractivity contribution < 1.29 is 4.74 Å². The Kier molecular flexibility index (Phi) is 3.69. The average molecular weight is 272 g/mol. The molecule has 0 bridgehead atoms. The highest BCUT2D eigenvalue weighted by molar-refractivity contribution is 7.80. The summed E-state index contributed by atoms with van der Waals surface area (Å²) in [7, 11) is 0. The molecule has 0 heterocycles. The third-order valence-corrected chi connectivity index (χ3v) is 4.95. The maximum Gasteiger partial charge on any atom is 0.127 e. The lowest BCUT2D eigenvalue weighted by molar-refractivity contribution is 0.175. The van der Waals surface area contributed by atoms with Crippen LogP contribution in [-0.2, 0) is 0 Å². The molecule has 19 heavy (non-hydrogen) atoms. The van der Waals surface area contributed by atoms with Crippen LogP contribution in [0.2, 0.25) is 0 Å². The summed E-state index contributed by atoms with van der Waals surface area (Å²) in [4.78, 5) is 0. The quantitative estimate of drug-likeness (QED) is 0.793. The van der Waals surface area contributed by atoms with E-state index in [-0.39, 0.29) is 0 Å². The van der Waals surface area contributed by atoms with E-state index in [4.69, 9.17) is 4.74 Å². The number of fused-ring (bicyclic) bond motifs is 1. The maximum absolute atomic E-state index is 6.15. The molecule has 1 nitrogen and oxygen atoms in total. The molecule has 0 amide bonds. The van der Waals surface area contributed by atoms with E-state index >= 15 is 0 Å². The number of ether oxygens (including phenoxy) is 1. The Balaban J connectivity index is 1.82. The summed E-state index contributed by atoms with van der Waals surface area (Å²) >= 11 is 4.54. The maximum atomic E-state index is 6.15. The fraction of sp³-hybridized carbons (Fsp3) is 0.412. The van der Waals surface area contributed by atoms with E-state index in [0.717, 1.165) is 18.1 Å². The van der Waals surface area contributed by atoms with Crippen LogP contribution in [0.4, 0.5) is 0 Å². The monoisotopic (exact) mass is 272 g/mol. The molecule has 0 aromatic heterocycles. The predicted molar refractivity (Wildman–Crippen MR) is 84.2 cm³/mol. The average Bonchev–Trinajstić information content (AvgIpc) is 2.94. The third-order valence-electron chi connectivity index (χ3n) is 4.28. The molecule has 1 fully saturated rings. The molecule has 1 aliphatic rings. The molecule has 0 atom stereocenters. The van der Waals surface area contributed by atoms with Crippen molar-refractivity contribution in [3.05, 3.63) is 42.5 Å². The lowest BCUT2D eigenvalue weighted by Crippen LogP contribution is -2.27. The lowest BCUT2D eigenvalue weighted by Gasteiger charge is -2.27. The molecule has 3 rings (SSSR count). The van der Waals surface area contributed by atoms with Crippen molar-refractivity contribution in [3.63, 3.8) is 0 Å². The van der Waals surface area contributed by atoms with Crippen LogP contribution in [0.1, 0.15) is 25.7 Å². The van der Waals surface area contributed by atoms with Crippen LogP contribution < -0.4 is 4.74 Å². The van der Waals surface area contributed by atoms with Crippen LogP contribution >= 0.6 is 12.6 Å². The largest absolute Gasteiger partial charge is 0.492 e. The predicted octanol–water partition coefficient (Wildman–Crippen LogP) is 4.71. The van der Waals surface area contributed by atoms with Gasteiger partial charge in [0.25, 0.3) is 0 Å². The van der Waals surface area contributed by atoms with Crippen LogP contribution in [-0.4, -0.2) is 12.4 Å². The molecule has 0 unspecified atom stereocenters. The van der Waals surface area contributed by atoms with Gasteiger partial charge in [0.15, 0.2) is 0 Å². The first-order valence-corrected chi connectivity index (χ1v) is 7.68. The lowest BCUT2D eigenvalue weighted by atomic mass is 9.90. The zero-order valence-electron chi connectivity index (χ0n) is 11.1. The van der Waals surface area contributed by atoms with Crippen molar-refractivity contribution >= 4 is 23.4 Å². The van der Waals surface area contributed by atoms with Crippen LogP contribution in [0.15, 0.2) is 42.5 Å². The van der Waals surface area contributed by atoms with Gasteiger partial charge in [-0.2, -0.15) is 12.6 Å². The van der Waals surface area contributed by atoms with Gasteiger partial charge in [-0.25, -0.2) is 0 Å². The second kappa shape index (κ2) is 5.46. The van der Waals surface area contributed by atoms with Gasteiger partial charge < -0.3 is 4.74 Å². The molecule has 0 aliphatic heterocycles. The minimum absolute atomic E-state index is 0.292. The zero-order valence-corrected chi connectivity index (χ0v) is 12.0.